The van der Waals surface area contributed by atoms with Gasteiger partial charge in [0.05, 0.1) is 5.57 Å². The van der Waals surface area contributed by atoms with Gasteiger partial charge in [-0.2, -0.15) is 0 Å². The fourth-order valence-corrected chi connectivity index (χ4v) is 4.45. The summed E-state index contributed by atoms with van der Waals surface area (Å²) in [6, 6.07) is 9.05. The minimum absolute atomic E-state index is 0.0173. The summed E-state index contributed by atoms with van der Waals surface area (Å²) in [5.41, 5.74) is 4.17. The molecule has 1 saturated heterocycles. The van der Waals surface area contributed by atoms with Crippen LogP contribution in [0.3, 0.4) is 0 Å². The van der Waals surface area contributed by atoms with Gasteiger partial charge in [0.2, 0.25) is 5.91 Å². The summed E-state index contributed by atoms with van der Waals surface area (Å²) < 4.78 is 0. The zero-order valence-electron chi connectivity index (χ0n) is 26.2. The van der Waals surface area contributed by atoms with E-state index in [-0.39, 0.29) is 22.6 Å². The number of rotatable bonds is 6. The molecule has 8 heteroatoms. The molecule has 8 nitrogen and oxygen atoms in total. The van der Waals surface area contributed by atoms with Crippen LogP contribution >= 0.6 is 0 Å². The lowest BCUT2D eigenvalue weighted by Gasteiger charge is -2.41. The molecule has 3 rings (SSSR count). The third-order valence-corrected chi connectivity index (χ3v) is 7.71. The lowest BCUT2D eigenvalue weighted by Crippen LogP contribution is -2.63. The van der Waals surface area contributed by atoms with Crippen LogP contribution in [-0.2, 0) is 9.59 Å². The Morgan fingerprint density at radius 1 is 1.19 bits per heavy atom. The topological polar surface area (TPSA) is 103 Å². The SMILES string of the molecule is C#C/C(NC(=O)Nc1ccc(C)c(-c2ccc(C(C)C)nc2)c1)=C(\C=C(/C)C(C)(C)C)C(=O)N1CCNC(=O)C1(C)C. The Morgan fingerprint density at radius 2 is 1.88 bits per heavy atom. The van der Waals surface area contributed by atoms with E-state index in [2.05, 4.69) is 40.7 Å². The molecule has 0 unspecified atom stereocenters. The molecule has 3 N–H and O–H groups in total. The van der Waals surface area contributed by atoms with Crippen molar-refractivity contribution in [3.05, 3.63) is 70.7 Å². The van der Waals surface area contributed by atoms with E-state index in [9.17, 15) is 14.4 Å². The Labute approximate surface area is 250 Å². The van der Waals surface area contributed by atoms with Gasteiger partial charge >= 0.3 is 6.03 Å². The Morgan fingerprint density at radius 3 is 2.45 bits per heavy atom. The van der Waals surface area contributed by atoms with Crippen LogP contribution in [-0.4, -0.2) is 46.4 Å². The first kappa shape index (κ1) is 32.1. The maximum absolute atomic E-state index is 13.9. The number of piperazine rings is 1. The molecule has 1 aromatic carbocycles. The van der Waals surface area contributed by atoms with E-state index in [1.54, 1.807) is 26.0 Å². The number of aromatic nitrogens is 1. The van der Waals surface area contributed by atoms with Gasteiger partial charge in [0.15, 0.2) is 0 Å². The van der Waals surface area contributed by atoms with Crippen molar-refractivity contribution in [3.8, 4) is 23.5 Å². The first-order valence-corrected chi connectivity index (χ1v) is 14.2. The Bertz CT molecular complexity index is 1470. The average molecular weight is 570 g/mol. The van der Waals surface area contributed by atoms with Crippen LogP contribution in [0.25, 0.3) is 11.1 Å². The van der Waals surface area contributed by atoms with Gasteiger partial charge in [-0.1, -0.05) is 58.2 Å². The van der Waals surface area contributed by atoms with Gasteiger partial charge in [-0.25, -0.2) is 4.79 Å². The van der Waals surface area contributed by atoms with Gasteiger partial charge in [-0.15, -0.1) is 6.42 Å². The molecule has 0 saturated carbocycles. The number of hydrogen-bond donors (Lipinski definition) is 3. The van der Waals surface area contributed by atoms with Crippen LogP contribution < -0.4 is 16.0 Å². The van der Waals surface area contributed by atoms with Crippen molar-refractivity contribution < 1.29 is 14.4 Å². The predicted molar refractivity (Wildman–Crippen MR) is 169 cm³/mol. The van der Waals surface area contributed by atoms with E-state index in [0.717, 1.165) is 28.0 Å². The zero-order chi connectivity index (χ0) is 31.4. The van der Waals surface area contributed by atoms with Gasteiger partial charge in [0.25, 0.3) is 5.91 Å². The van der Waals surface area contributed by atoms with Crippen LogP contribution in [0.1, 0.15) is 72.6 Å². The molecule has 42 heavy (non-hydrogen) atoms. The van der Waals surface area contributed by atoms with Crippen molar-refractivity contribution in [1.82, 2.24) is 20.5 Å². The highest BCUT2D eigenvalue weighted by Crippen LogP contribution is 2.29. The lowest BCUT2D eigenvalue weighted by atomic mass is 9.86. The molecule has 4 amide bonds. The van der Waals surface area contributed by atoms with Crippen molar-refractivity contribution in [2.45, 2.75) is 73.8 Å². The smallest absolute Gasteiger partial charge is 0.324 e. The molecule has 0 radical (unpaired) electrons. The number of urea groups is 1. The molecule has 1 fully saturated rings. The Hall–Kier alpha value is -4.38. The molecule has 2 aromatic rings. The van der Waals surface area contributed by atoms with Crippen LogP contribution in [0.5, 0.6) is 0 Å². The van der Waals surface area contributed by atoms with Crippen molar-refractivity contribution in [2.24, 2.45) is 5.41 Å². The van der Waals surface area contributed by atoms with Gasteiger partial charge in [0, 0.05) is 36.2 Å². The summed E-state index contributed by atoms with van der Waals surface area (Å²) in [6.45, 7) is 18.2. The summed E-state index contributed by atoms with van der Waals surface area (Å²) in [5, 5.41) is 8.36. The quantitative estimate of drug-likeness (QED) is 0.228. The number of allylic oxidation sites excluding steroid dienone is 2. The number of amides is 4. The fourth-order valence-electron chi connectivity index (χ4n) is 4.45. The first-order valence-electron chi connectivity index (χ1n) is 14.2. The summed E-state index contributed by atoms with van der Waals surface area (Å²) in [5.74, 6) is 2.14. The molecule has 222 valence electrons. The van der Waals surface area contributed by atoms with E-state index in [4.69, 9.17) is 6.42 Å². The first-order chi connectivity index (χ1) is 19.6. The van der Waals surface area contributed by atoms with Crippen LogP contribution in [0.4, 0.5) is 10.5 Å². The standard InChI is InChI=1S/C34H43N5O3/c1-11-28(27(18-23(5)33(6,7)8)30(40)39-17-16-35-31(41)34(39,9)10)38-32(42)37-25-14-12-22(4)26(19-25)24-13-15-29(21(2)3)36-20-24/h1,12-15,18-21H,16-17H2,2-10H3,(H,35,41)(H2,37,38,42)/b23-18+,28-27-. The third kappa shape index (κ3) is 7.27. The normalized spacial score (nSPS) is 15.9. The Kier molecular flexibility index (Phi) is 9.68. The number of anilines is 1. The fraction of sp³-hybridized carbons (Fsp3) is 0.412. The summed E-state index contributed by atoms with van der Waals surface area (Å²) in [4.78, 5) is 45.8. The second-order valence-corrected chi connectivity index (χ2v) is 12.5. The molecule has 0 atom stereocenters. The van der Waals surface area contributed by atoms with Crippen LogP contribution in [0.2, 0.25) is 0 Å². The van der Waals surface area contributed by atoms with E-state index in [1.165, 1.54) is 4.90 Å². The van der Waals surface area contributed by atoms with E-state index in [1.807, 2.05) is 65.1 Å². The molecular weight excluding hydrogens is 526 g/mol. The highest BCUT2D eigenvalue weighted by Gasteiger charge is 2.41. The molecule has 0 bridgehead atoms. The maximum atomic E-state index is 13.9. The minimum atomic E-state index is -1.09. The van der Waals surface area contributed by atoms with Gasteiger partial charge in [0.1, 0.15) is 11.2 Å². The van der Waals surface area contributed by atoms with Gasteiger partial charge in [-0.3, -0.25) is 19.9 Å². The largest absolute Gasteiger partial charge is 0.352 e. The number of hydrogen-bond acceptors (Lipinski definition) is 4. The lowest BCUT2D eigenvalue weighted by molar-refractivity contribution is -0.146. The number of benzene rings is 1. The number of terminal acetylenes is 1. The highest BCUT2D eigenvalue weighted by molar-refractivity contribution is 6.03. The number of pyridine rings is 1. The average Bonchev–Trinajstić information content (AvgIpc) is 2.92. The Balaban J connectivity index is 1.96. The predicted octanol–water partition coefficient (Wildman–Crippen LogP) is 5.92. The molecule has 1 aromatic heterocycles. The number of nitrogens with one attached hydrogen (secondary N) is 3. The molecular formula is C34H43N5O3. The highest BCUT2D eigenvalue weighted by atomic mass is 16.2. The van der Waals surface area contributed by atoms with E-state index in [0.29, 0.717) is 24.7 Å². The summed E-state index contributed by atoms with van der Waals surface area (Å²) >= 11 is 0. The number of aryl methyl sites for hydroxylation is 1. The van der Waals surface area contributed by atoms with Gasteiger partial charge < -0.3 is 15.5 Å². The molecule has 1 aliphatic heterocycles. The van der Waals surface area contributed by atoms with Crippen LogP contribution in [0.15, 0.2) is 59.4 Å². The molecule has 0 spiro atoms. The molecule has 0 aliphatic carbocycles. The van der Waals surface area contributed by atoms with Crippen molar-refractivity contribution in [2.75, 3.05) is 18.4 Å². The third-order valence-electron chi connectivity index (χ3n) is 7.71. The maximum Gasteiger partial charge on any atom is 0.324 e. The van der Waals surface area contributed by atoms with Gasteiger partial charge in [-0.05, 0) is 74.4 Å². The summed E-state index contributed by atoms with van der Waals surface area (Å²) in [6.07, 6.45) is 9.42. The number of carbonyl (C=O) groups is 3. The summed E-state index contributed by atoms with van der Waals surface area (Å²) in [7, 11) is 0. The minimum Gasteiger partial charge on any atom is -0.352 e. The number of nitrogens with zero attached hydrogens (tertiary/aromatic N) is 2. The van der Waals surface area contributed by atoms with Crippen LogP contribution in [0, 0.1) is 24.7 Å². The number of carbonyl (C=O) groups excluding carboxylic acids is 3. The zero-order valence-corrected chi connectivity index (χ0v) is 26.2. The van der Waals surface area contributed by atoms with E-state index < -0.39 is 17.5 Å². The van der Waals surface area contributed by atoms with E-state index >= 15 is 0 Å². The monoisotopic (exact) mass is 569 g/mol. The second kappa shape index (κ2) is 12.6. The second-order valence-electron chi connectivity index (χ2n) is 12.5. The van der Waals surface area contributed by atoms with Crippen molar-refractivity contribution >= 4 is 23.5 Å². The molecule has 1 aliphatic rings. The van der Waals surface area contributed by atoms with Crippen molar-refractivity contribution in [3.63, 3.8) is 0 Å². The molecule has 2 heterocycles. The van der Waals surface area contributed by atoms with Crippen molar-refractivity contribution in [1.29, 1.82) is 0 Å².